The van der Waals surface area contributed by atoms with Crippen LogP contribution in [0.3, 0.4) is 0 Å². The number of thioether (sulfide) groups is 1. The quantitative estimate of drug-likeness (QED) is 0.719. The van der Waals surface area contributed by atoms with Crippen molar-refractivity contribution in [2.75, 3.05) is 12.9 Å². The summed E-state index contributed by atoms with van der Waals surface area (Å²) in [5.41, 5.74) is 1.06. The molecule has 0 aliphatic rings. The molecule has 0 aliphatic heterocycles. The second kappa shape index (κ2) is 7.38. The number of rotatable bonds is 6. The Morgan fingerprint density at radius 2 is 2.00 bits per heavy atom. The summed E-state index contributed by atoms with van der Waals surface area (Å²) in [7, 11) is 1.64. The molecule has 1 rings (SSSR count). The maximum Gasteiger partial charge on any atom is 0.196 e. The lowest BCUT2D eigenvalue weighted by molar-refractivity contribution is -0.111. The fourth-order valence-corrected chi connectivity index (χ4v) is 2.49. The topological polar surface area (TPSA) is 26.3 Å². The van der Waals surface area contributed by atoms with Crippen molar-refractivity contribution in [3.63, 3.8) is 0 Å². The predicted octanol–water partition coefficient (Wildman–Crippen LogP) is 3.86. The number of hydrogen-bond donors (Lipinski definition) is 0. The van der Waals surface area contributed by atoms with Gasteiger partial charge in [-0.3, -0.25) is 4.79 Å². The molecule has 0 saturated carbocycles. The van der Waals surface area contributed by atoms with E-state index in [2.05, 4.69) is 6.92 Å². The zero-order chi connectivity index (χ0) is 12.7. The monoisotopic (exact) mass is 252 g/mol. The first kappa shape index (κ1) is 14.1. The smallest absolute Gasteiger partial charge is 0.196 e. The van der Waals surface area contributed by atoms with E-state index in [9.17, 15) is 4.79 Å². The molecule has 3 heteroatoms. The third kappa shape index (κ3) is 4.43. The minimum absolute atomic E-state index is 0.0391. The highest BCUT2D eigenvalue weighted by atomic mass is 32.2. The van der Waals surface area contributed by atoms with Crippen molar-refractivity contribution in [2.24, 2.45) is 0 Å². The van der Waals surface area contributed by atoms with Gasteiger partial charge in [0.15, 0.2) is 5.12 Å². The van der Waals surface area contributed by atoms with Gasteiger partial charge in [-0.15, -0.1) is 0 Å². The number of ether oxygens (including phenoxy) is 1. The van der Waals surface area contributed by atoms with Gasteiger partial charge in [0.2, 0.25) is 0 Å². The van der Waals surface area contributed by atoms with Crippen molar-refractivity contribution in [1.29, 1.82) is 0 Å². The molecular weight excluding hydrogens is 232 g/mol. The lowest BCUT2D eigenvalue weighted by atomic mass is 10.0. The standard InChI is InChI=1S/C14H20O2S/c1-4-5-10-17-14(15)11(2)12-6-8-13(16-3)9-7-12/h6-9,11H,4-5,10H2,1-3H3. The van der Waals surface area contributed by atoms with Crippen LogP contribution in [0, 0.1) is 0 Å². The molecule has 0 spiro atoms. The van der Waals surface area contributed by atoms with Gasteiger partial charge in [0.05, 0.1) is 13.0 Å². The van der Waals surface area contributed by atoms with Crippen LogP contribution in [0.1, 0.15) is 38.2 Å². The Hall–Kier alpha value is -0.960. The zero-order valence-electron chi connectivity index (χ0n) is 10.7. The van der Waals surface area contributed by atoms with Crippen LogP contribution in [0.15, 0.2) is 24.3 Å². The van der Waals surface area contributed by atoms with E-state index < -0.39 is 0 Å². The minimum Gasteiger partial charge on any atom is -0.497 e. The van der Waals surface area contributed by atoms with Gasteiger partial charge in [0, 0.05) is 5.75 Å². The van der Waals surface area contributed by atoms with Crippen LogP contribution in [0.4, 0.5) is 0 Å². The molecule has 0 aliphatic carbocycles. The summed E-state index contributed by atoms with van der Waals surface area (Å²) in [6.07, 6.45) is 2.24. The summed E-state index contributed by atoms with van der Waals surface area (Å²) in [4.78, 5) is 11.9. The summed E-state index contributed by atoms with van der Waals surface area (Å²) >= 11 is 1.44. The number of carbonyl (C=O) groups is 1. The third-order valence-corrected chi connectivity index (χ3v) is 3.84. The van der Waals surface area contributed by atoms with E-state index in [0.29, 0.717) is 0 Å². The zero-order valence-corrected chi connectivity index (χ0v) is 11.5. The average molecular weight is 252 g/mol. The molecule has 0 aromatic heterocycles. The van der Waals surface area contributed by atoms with Crippen LogP contribution in [-0.4, -0.2) is 18.0 Å². The van der Waals surface area contributed by atoms with Crippen molar-refractivity contribution in [3.05, 3.63) is 29.8 Å². The molecular formula is C14H20O2S. The van der Waals surface area contributed by atoms with Gasteiger partial charge in [-0.05, 0) is 24.1 Å². The molecule has 0 heterocycles. The minimum atomic E-state index is -0.0391. The lowest BCUT2D eigenvalue weighted by Gasteiger charge is -2.10. The van der Waals surface area contributed by atoms with E-state index in [1.165, 1.54) is 11.8 Å². The van der Waals surface area contributed by atoms with Crippen molar-refractivity contribution in [1.82, 2.24) is 0 Å². The number of unbranched alkanes of at least 4 members (excludes halogenated alkanes) is 1. The Balaban J connectivity index is 2.55. The molecule has 0 radical (unpaired) electrons. The largest absolute Gasteiger partial charge is 0.497 e. The van der Waals surface area contributed by atoms with Crippen molar-refractivity contribution < 1.29 is 9.53 Å². The van der Waals surface area contributed by atoms with E-state index in [0.717, 1.165) is 29.9 Å². The summed E-state index contributed by atoms with van der Waals surface area (Å²) < 4.78 is 5.10. The van der Waals surface area contributed by atoms with Crippen LogP contribution in [-0.2, 0) is 4.79 Å². The molecule has 1 unspecified atom stereocenters. The molecule has 0 fully saturated rings. The first-order valence-electron chi connectivity index (χ1n) is 5.99. The Morgan fingerprint density at radius 1 is 1.35 bits per heavy atom. The highest BCUT2D eigenvalue weighted by Crippen LogP contribution is 2.24. The number of benzene rings is 1. The lowest BCUT2D eigenvalue weighted by Crippen LogP contribution is -2.05. The van der Waals surface area contributed by atoms with Crippen molar-refractivity contribution in [2.45, 2.75) is 32.6 Å². The Bertz CT molecular complexity index is 346. The summed E-state index contributed by atoms with van der Waals surface area (Å²) in [6.45, 7) is 4.10. The van der Waals surface area contributed by atoms with E-state index in [4.69, 9.17) is 4.74 Å². The molecule has 94 valence electrons. The predicted molar refractivity (Wildman–Crippen MR) is 73.8 cm³/mol. The molecule has 2 nitrogen and oxygen atoms in total. The van der Waals surface area contributed by atoms with Crippen LogP contribution in [0.2, 0.25) is 0 Å². The van der Waals surface area contributed by atoms with Gasteiger partial charge in [-0.2, -0.15) is 0 Å². The molecule has 1 aromatic rings. The first-order valence-corrected chi connectivity index (χ1v) is 6.98. The van der Waals surface area contributed by atoms with E-state index in [1.807, 2.05) is 31.2 Å². The van der Waals surface area contributed by atoms with E-state index in [1.54, 1.807) is 7.11 Å². The Morgan fingerprint density at radius 3 is 2.53 bits per heavy atom. The number of methoxy groups -OCH3 is 1. The second-order valence-corrected chi connectivity index (χ2v) is 5.12. The molecule has 0 bridgehead atoms. The fourth-order valence-electron chi connectivity index (χ4n) is 1.47. The van der Waals surface area contributed by atoms with Gasteiger partial charge in [-0.1, -0.05) is 44.2 Å². The van der Waals surface area contributed by atoms with Gasteiger partial charge in [-0.25, -0.2) is 0 Å². The fraction of sp³-hybridized carbons (Fsp3) is 0.500. The molecule has 17 heavy (non-hydrogen) atoms. The summed E-state index contributed by atoms with van der Waals surface area (Å²) in [6, 6.07) is 7.72. The summed E-state index contributed by atoms with van der Waals surface area (Å²) in [5, 5.41) is 0.253. The molecule has 1 atom stereocenters. The maximum absolute atomic E-state index is 11.9. The summed E-state index contributed by atoms with van der Waals surface area (Å²) in [5.74, 6) is 1.71. The normalized spacial score (nSPS) is 12.2. The number of hydrogen-bond acceptors (Lipinski definition) is 3. The number of carbonyl (C=O) groups excluding carboxylic acids is 1. The van der Waals surface area contributed by atoms with Crippen LogP contribution < -0.4 is 4.74 Å². The highest BCUT2D eigenvalue weighted by Gasteiger charge is 2.15. The van der Waals surface area contributed by atoms with Crippen LogP contribution in [0.5, 0.6) is 5.75 Å². The van der Waals surface area contributed by atoms with E-state index >= 15 is 0 Å². The first-order chi connectivity index (χ1) is 8.19. The van der Waals surface area contributed by atoms with Crippen molar-refractivity contribution >= 4 is 16.9 Å². The SMILES string of the molecule is CCCCSC(=O)C(C)c1ccc(OC)cc1. The van der Waals surface area contributed by atoms with Gasteiger partial charge < -0.3 is 4.74 Å². The highest BCUT2D eigenvalue weighted by molar-refractivity contribution is 8.13. The van der Waals surface area contributed by atoms with Crippen LogP contribution >= 0.6 is 11.8 Å². The maximum atomic E-state index is 11.9. The molecule has 0 amide bonds. The molecule has 0 N–H and O–H groups in total. The molecule has 1 aromatic carbocycles. The average Bonchev–Trinajstić information content (AvgIpc) is 2.38. The second-order valence-electron chi connectivity index (χ2n) is 4.02. The van der Waals surface area contributed by atoms with Gasteiger partial charge in [0.25, 0.3) is 0 Å². The molecule has 0 saturated heterocycles. The Labute approximate surface area is 108 Å². The van der Waals surface area contributed by atoms with Crippen LogP contribution in [0.25, 0.3) is 0 Å². The Kier molecular flexibility index (Phi) is 6.12. The third-order valence-electron chi connectivity index (χ3n) is 2.71. The van der Waals surface area contributed by atoms with Crippen molar-refractivity contribution in [3.8, 4) is 5.75 Å². The van der Waals surface area contributed by atoms with Gasteiger partial charge in [0.1, 0.15) is 5.75 Å². The van der Waals surface area contributed by atoms with Gasteiger partial charge >= 0.3 is 0 Å². The van der Waals surface area contributed by atoms with E-state index in [-0.39, 0.29) is 11.0 Å².